The van der Waals surface area contributed by atoms with Crippen LogP contribution in [-0.4, -0.2) is 39.7 Å². The van der Waals surface area contributed by atoms with Crippen LogP contribution >= 0.6 is 0 Å². The third-order valence-electron chi connectivity index (χ3n) is 5.79. The lowest BCUT2D eigenvalue weighted by Gasteiger charge is -2.22. The minimum atomic E-state index is -0.0830. The van der Waals surface area contributed by atoms with E-state index in [1.54, 1.807) is 0 Å². The first-order chi connectivity index (χ1) is 10.8. The second-order valence-electron chi connectivity index (χ2n) is 8.69. The molecule has 2 heterocycles. The highest BCUT2D eigenvalue weighted by molar-refractivity contribution is 5.92. The number of fused-ring (bicyclic) bond motifs is 1. The molecule has 0 aromatic carbocycles. The van der Waals surface area contributed by atoms with Crippen molar-refractivity contribution in [2.45, 2.75) is 64.0 Å². The normalized spacial score (nSPS) is 30.8. The van der Waals surface area contributed by atoms with E-state index in [-0.39, 0.29) is 17.5 Å². The molecule has 0 radical (unpaired) electrons. The first-order valence-electron chi connectivity index (χ1n) is 9.00. The van der Waals surface area contributed by atoms with Crippen molar-refractivity contribution >= 4 is 5.91 Å². The number of nitrogens with two attached hydrogens (primary N) is 1. The molecule has 0 bridgehead atoms. The molecule has 1 saturated heterocycles. The summed E-state index contributed by atoms with van der Waals surface area (Å²) in [6.45, 7) is 8.13. The smallest absolute Gasteiger partial charge is 0.274 e. The molecule has 3 fully saturated rings. The van der Waals surface area contributed by atoms with Crippen LogP contribution in [0, 0.1) is 11.8 Å². The molecule has 2 N–H and O–H groups in total. The maximum Gasteiger partial charge on any atom is 0.274 e. The molecule has 5 nitrogen and oxygen atoms in total. The average Bonchev–Trinajstić information content (AvgIpc) is 2.96. The molecule has 2 saturated carbocycles. The summed E-state index contributed by atoms with van der Waals surface area (Å²) in [6.07, 6.45) is 4.72. The predicted molar refractivity (Wildman–Crippen MR) is 89.3 cm³/mol. The molecule has 3 unspecified atom stereocenters. The molecule has 23 heavy (non-hydrogen) atoms. The van der Waals surface area contributed by atoms with E-state index in [1.165, 1.54) is 25.0 Å². The zero-order chi connectivity index (χ0) is 16.4. The fourth-order valence-corrected chi connectivity index (χ4v) is 4.34. The Balaban J connectivity index is 1.57. The van der Waals surface area contributed by atoms with E-state index in [2.05, 4.69) is 25.5 Å². The monoisotopic (exact) mass is 316 g/mol. The predicted octanol–water partition coefficient (Wildman–Crippen LogP) is 2.32. The third-order valence-corrected chi connectivity index (χ3v) is 5.79. The van der Waals surface area contributed by atoms with Gasteiger partial charge in [0, 0.05) is 30.7 Å². The van der Waals surface area contributed by atoms with E-state index in [9.17, 15) is 4.79 Å². The Morgan fingerprint density at radius 1 is 1.22 bits per heavy atom. The fourth-order valence-electron chi connectivity index (χ4n) is 4.34. The van der Waals surface area contributed by atoms with E-state index < -0.39 is 0 Å². The summed E-state index contributed by atoms with van der Waals surface area (Å²) in [7, 11) is 0. The number of hydrogen-bond acceptors (Lipinski definition) is 3. The van der Waals surface area contributed by atoms with E-state index in [0.717, 1.165) is 19.5 Å². The van der Waals surface area contributed by atoms with Crippen molar-refractivity contribution in [1.82, 2.24) is 14.7 Å². The van der Waals surface area contributed by atoms with Crippen molar-refractivity contribution in [2.24, 2.45) is 17.6 Å². The van der Waals surface area contributed by atoms with Crippen LogP contribution in [0.5, 0.6) is 0 Å². The minimum Gasteiger partial charge on any atom is -0.337 e. The van der Waals surface area contributed by atoms with Gasteiger partial charge in [-0.1, -0.05) is 0 Å². The highest BCUT2D eigenvalue weighted by Crippen LogP contribution is 2.42. The van der Waals surface area contributed by atoms with Gasteiger partial charge in [0.15, 0.2) is 5.69 Å². The molecule has 1 amide bonds. The summed E-state index contributed by atoms with van der Waals surface area (Å²) < 4.78 is 2.07. The maximum absolute atomic E-state index is 12.9. The first-order valence-corrected chi connectivity index (χ1v) is 9.00. The van der Waals surface area contributed by atoms with Crippen LogP contribution in [0.15, 0.2) is 6.07 Å². The van der Waals surface area contributed by atoms with Crippen LogP contribution < -0.4 is 5.73 Å². The van der Waals surface area contributed by atoms with Crippen LogP contribution in [-0.2, 0) is 5.54 Å². The van der Waals surface area contributed by atoms with Crippen molar-refractivity contribution in [3.63, 3.8) is 0 Å². The number of carbonyl (C=O) groups is 1. The van der Waals surface area contributed by atoms with Gasteiger partial charge in [-0.25, -0.2) is 0 Å². The Morgan fingerprint density at radius 3 is 2.57 bits per heavy atom. The zero-order valence-electron chi connectivity index (χ0n) is 14.5. The van der Waals surface area contributed by atoms with Crippen LogP contribution in [0.4, 0.5) is 0 Å². The van der Waals surface area contributed by atoms with E-state index in [1.807, 2.05) is 11.0 Å². The zero-order valence-corrected chi connectivity index (χ0v) is 14.5. The maximum atomic E-state index is 12.9. The fraction of sp³-hybridized carbons (Fsp3) is 0.778. The quantitative estimate of drug-likeness (QED) is 0.911. The SMILES string of the molecule is CC(C)(C)n1nc(C(=O)N2CC3CCC(N)C3C2)cc1C1CC1. The van der Waals surface area contributed by atoms with Crippen molar-refractivity contribution in [1.29, 1.82) is 0 Å². The molecule has 126 valence electrons. The Kier molecular flexibility index (Phi) is 3.34. The molecule has 3 aliphatic rings. The summed E-state index contributed by atoms with van der Waals surface area (Å²) in [6, 6.07) is 2.31. The van der Waals surface area contributed by atoms with Crippen LogP contribution in [0.2, 0.25) is 0 Å². The van der Waals surface area contributed by atoms with Gasteiger partial charge in [0.1, 0.15) is 0 Å². The molecule has 1 aromatic heterocycles. The number of rotatable bonds is 2. The second kappa shape index (κ2) is 5.07. The third kappa shape index (κ3) is 2.59. The molecule has 4 rings (SSSR count). The number of hydrogen-bond donors (Lipinski definition) is 1. The van der Waals surface area contributed by atoms with Gasteiger partial charge in [-0.3, -0.25) is 9.48 Å². The minimum absolute atomic E-state index is 0.0830. The average molecular weight is 316 g/mol. The number of carbonyl (C=O) groups excluding carboxylic acids is 1. The van der Waals surface area contributed by atoms with Gasteiger partial charge in [-0.2, -0.15) is 5.10 Å². The molecule has 5 heteroatoms. The highest BCUT2D eigenvalue weighted by Gasteiger charge is 2.43. The van der Waals surface area contributed by atoms with Crippen molar-refractivity contribution < 1.29 is 4.79 Å². The van der Waals surface area contributed by atoms with Gasteiger partial charge in [-0.05, 0) is 64.4 Å². The van der Waals surface area contributed by atoms with Gasteiger partial charge in [0.25, 0.3) is 5.91 Å². The molecule has 1 aromatic rings. The summed E-state index contributed by atoms with van der Waals surface area (Å²) in [5.74, 6) is 1.78. The molecule has 1 aliphatic heterocycles. The number of aromatic nitrogens is 2. The molecular formula is C18H28N4O. The van der Waals surface area contributed by atoms with Gasteiger partial charge in [0.05, 0.1) is 5.54 Å². The molecule has 3 atom stereocenters. The van der Waals surface area contributed by atoms with Gasteiger partial charge in [-0.15, -0.1) is 0 Å². The van der Waals surface area contributed by atoms with Gasteiger partial charge < -0.3 is 10.6 Å². The van der Waals surface area contributed by atoms with Gasteiger partial charge >= 0.3 is 0 Å². The van der Waals surface area contributed by atoms with Crippen LogP contribution in [0.1, 0.15) is 68.6 Å². The second-order valence-corrected chi connectivity index (χ2v) is 8.69. The largest absolute Gasteiger partial charge is 0.337 e. The molecular weight excluding hydrogens is 288 g/mol. The molecule has 2 aliphatic carbocycles. The van der Waals surface area contributed by atoms with E-state index in [0.29, 0.717) is 23.4 Å². The topological polar surface area (TPSA) is 64.2 Å². The van der Waals surface area contributed by atoms with Crippen LogP contribution in [0.3, 0.4) is 0 Å². The number of amides is 1. The Labute approximate surface area is 138 Å². The highest BCUT2D eigenvalue weighted by atomic mass is 16.2. The first kappa shape index (κ1) is 15.2. The Bertz CT molecular complexity index is 625. The summed E-state index contributed by atoms with van der Waals surface area (Å²) in [4.78, 5) is 14.9. The van der Waals surface area contributed by atoms with Gasteiger partial charge in [0.2, 0.25) is 0 Å². The number of likely N-dealkylation sites (tertiary alicyclic amines) is 1. The Morgan fingerprint density at radius 2 is 1.96 bits per heavy atom. The molecule has 0 spiro atoms. The lowest BCUT2D eigenvalue weighted by molar-refractivity contribution is 0.0772. The summed E-state index contributed by atoms with van der Waals surface area (Å²) in [5, 5.41) is 4.69. The lowest BCUT2D eigenvalue weighted by Crippen LogP contribution is -2.34. The van der Waals surface area contributed by atoms with Crippen molar-refractivity contribution in [3.05, 3.63) is 17.5 Å². The van der Waals surface area contributed by atoms with Crippen molar-refractivity contribution in [2.75, 3.05) is 13.1 Å². The Hall–Kier alpha value is -1.36. The lowest BCUT2D eigenvalue weighted by atomic mass is 9.98. The van der Waals surface area contributed by atoms with E-state index in [4.69, 9.17) is 10.8 Å². The standard InChI is InChI=1S/C18H28N4O/c1-18(2,3)22-16(11-4-5-11)8-15(20-22)17(23)21-9-12-6-7-14(19)13(12)10-21/h8,11-14H,4-7,9-10,19H2,1-3H3. The van der Waals surface area contributed by atoms with E-state index >= 15 is 0 Å². The van der Waals surface area contributed by atoms with Crippen LogP contribution in [0.25, 0.3) is 0 Å². The number of nitrogens with zero attached hydrogens (tertiary/aromatic N) is 3. The van der Waals surface area contributed by atoms with Crippen molar-refractivity contribution in [3.8, 4) is 0 Å². The summed E-state index contributed by atoms with van der Waals surface area (Å²) >= 11 is 0. The summed E-state index contributed by atoms with van der Waals surface area (Å²) in [5.41, 5.74) is 7.97.